The lowest BCUT2D eigenvalue weighted by molar-refractivity contribution is -0.141. The highest BCUT2D eigenvalue weighted by molar-refractivity contribution is 5.62. The number of alkyl halides is 3. The summed E-state index contributed by atoms with van der Waals surface area (Å²) in [6, 6.07) is 5.80. The van der Waals surface area contributed by atoms with Crippen LogP contribution in [0.15, 0.2) is 24.3 Å². The van der Waals surface area contributed by atoms with Gasteiger partial charge in [-0.05, 0) is 25.5 Å². The third-order valence-corrected chi connectivity index (χ3v) is 3.65. The highest BCUT2D eigenvalue weighted by Gasteiger charge is 2.34. The van der Waals surface area contributed by atoms with Crippen molar-refractivity contribution >= 4 is 17.5 Å². The average molecular weight is 354 g/mol. The smallest absolute Gasteiger partial charge is 0.433 e. The predicted octanol–water partition coefficient (Wildman–Crippen LogP) is 4.18. The van der Waals surface area contributed by atoms with Gasteiger partial charge in [0.05, 0.1) is 0 Å². The summed E-state index contributed by atoms with van der Waals surface area (Å²) >= 11 is 0. The van der Waals surface area contributed by atoms with E-state index in [2.05, 4.69) is 20.6 Å². The number of aromatic nitrogens is 2. The summed E-state index contributed by atoms with van der Waals surface area (Å²) in [6.07, 6.45) is -3.84. The SMILES string of the molecule is CC[C@@H](C)Nc1nc(Nc2ccc3c(c2)OCO3)cc(C(F)(F)F)n1. The molecule has 1 aromatic carbocycles. The van der Waals surface area contributed by atoms with Crippen molar-refractivity contribution in [3.63, 3.8) is 0 Å². The molecule has 2 aromatic rings. The van der Waals surface area contributed by atoms with Gasteiger partial charge in [-0.25, -0.2) is 4.98 Å². The second-order valence-electron chi connectivity index (χ2n) is 5.61. The first-order chi connectivity index (χ1) is 11.8. The molecule has 6 nitrogen and oxygen atoms in total. The van der Waals surface area contributed by atoms with Gasteiger partial charge in [-0.3, -0.25) is 0 Å². The topological polar surface area (TPSA) is 68.3 Å². The van der Waals surface area contributed by atoms with Crippen LogP contribution in [0.1, 0.15) is 26.0 Å². The van der Waals surface area contributed by atoms with Crippen LogP contribution in [0.4, 0.5) is 30.6 Å². The number of fused-ring (bicyclic) bond motifs is 1. The summed E-state index contributed by atoms with van der Waals surface area (Å²) in [7, 11) is 0. The quantitative estimate of drug-likeness (QED) is 0.840. The number of nitrogens with one attached hydrogen (secondary N) is 2. The Bertz CT molecular complexity index is 768. The second kappa shape index (κ2) is 6.66. The van der Waals surface area contributed by atoms with Crippen LogP contribution >= 0.6 is 0 Å². The first-order valence-electron chi connectivity index (χ1n) is 7.74. The second-order valence-corrected chi connectivity index (χ2v) is 5.61. The molecule has 0 amide bonds. The molecule has 1 aromatic heterocycles. The van der Waals surface area contributed by atoms with E-state index in [0.717, 1.165) is 12.5 Å². The van der Waals surface area contributed by atoms with Crippen LogP contribution in [0.25, 0.3) is 0 Å². The summed E-state index contributed by atoms with van der Waals surface area (Å²) < 4.78 is 49.8. The molecule has 0 spiro atoms. The Kier molecular flexibility index (Phi) is 4.56. The van der Waals surface area contributed by atoms with Crippen molar-refractivity contribution in [2.75, 3.05) is 17.4 Å². The molecular weight excluding hydrogens is 337 g/mol. The zero-order valence-corrected chi connectivity index (χ0v) is 13.6. The monoisotopic (exact) mass is 354 g/mol. The minimum atomic E-state index is -4.57. The number of benzene rings is 1. The molecule has 0 saturated carbocycles. The van der Waals surface area contributed by atoms with Gasteiger partial charge in [0.2, 0.25) is 12.7 Å². The molecule has 1 atom stereocenters. The van der Waals surface area contributed by atoms with Crippen LogP contribution in [0, 0.1) is 0 Å². The van der Waals surface area contributed by atoms with E-state index in [4.69, 9.17) is 9.47 Å². The van der Waals surface area contributed by atoms with E-state index in [1.807, 2.05) is 13.8 Å². The minimum Gasteiger partial charge on any atom is -0.454 e. The summed E-state index contributed by atoms with van der Waals surface area (Å²) in [4.78, 5) is 7.68. The van der Waals surface area contributed by atoms with E-state index < -0.39 is 11.9 Å². The molecule has 3 rings (SSSR count). The molecule has 2 N–H and O–H groups in total. The molecular formula is C16H17F3N4O2. The van der Waals surface area contributed by atoms with Crippen LogP contribution in [-0.2, 0) is 6.18 Å². The van der Waals surface area contributed by atoms with Gasteiger partial charge >= 0.3 is 6.18 Å². The van der Waals surface area contributed by atoms with Crippen LogP contribution in [0.2, 0.25) is 0 Å². The maximum Gasteiger partial charge on any atom is 0.433 e. The van der Waals surface area contributed by atoms with E-state index in [1.165, 1.54) is 0 Å². The molecule has 9 heteroatoms. The van der Waals surface area contributed by atoms with Gasteiger partial charge in [0.15, 0.2) is 17.2 Å². The molecule has 1 aliphatic heterocycles. The Labute approximate surface area is 142 Å². The zero-order chi connectivity index (χ0) is 18.0. The number of hydrogen-bond acceptors (Lipinski definition) is 6. The third kappa shape index (κ3) is 4.04. The highest BCUT2D eigenvalue weighted by Crippen LogP contribution is 2.36. The summed E-state index contributed by atoms with van der Waals surface area (Å²) in [5.74, 6) is 1.07. The van der Waals surface area contributed by atoms with Gasteiger partial charge in [0.1, 0.15) is 5.82 Å². The predicted molar refractivity (Wildman–Crippen MR) is 86.3 cm³/mol. The van der Waals surface area contributed by atoms with Gasteiger partial charge in [0.25, 0.3) is 0 Å². The third-order valence-electron chi connectivity index (χ3n) is 3.65. The fourth-order valence-electron chi connectivity index (χ4n) is 2.17. The van der Waals surface area contributed by atoms with Gasteiger partial charge in [-0.1, -0.05) is 6.92 Å². The van der Waals surface area contributed by atoms with Crippen LogP contribution in [0.3, 0.4) is 0 Å². The maximum absolute atomic E-state index is 13.1. The molecule has 134 valence electrons. The van der Waals surface area contributed by atoms with Gasteiger partial charge in [-0.2, -0.15) is 18.2 Å². The van der Waals surface area contributed by atoms with E-state index in [9.17, 15) is 13.2 Å². The largest absolute Gasteiger partial charge is 0.454 e. The number of halogens is 3. The zero-order valence-electron chi connectivity index (χ0n) is 13.6. The van der Waals surface area contributed by atoms with E-state index in [-0.39, 0.29) is 24.6 Å². The number of rotatable bonds is 5. The Hall–Kier alpha value is -2.71. The Morgan fingerprint density at radius 1 is 1.16 bits per heavy atom. The lowest BCUT2D eigenvalue weighted by Gasteiger charge is -2.15. The Morgan fingerprint density at radius 3 is 2.64 bits per heavy atom. The molecule has 0 unspecified atom stereocenters. The maximum atomic E-state index is 13.1. The molecule has 2 heterocycles. The van der Waals surface area contributed by atoms with Crippen LogP contribution < -0.4 is 20.1 Å². The first kappa shape index (κ1) is 17.1. The van der Waals surface area contributed by atoms with Gasteiger partial charge in [0, 0.05) is 23.9 Å². The fraction of sp³-hybridized carbons (Fsp3) is 0.375. The van der Waals surface area contributed by atoms with Gasteiger partial charge in [-0.15, -0.1) is 0 Å². The number of ether oxygens (including phenoxy) is 2. The summed E-state index contributed by atoms with van der Waals surface area (Å²) in [5, 5.41) is 5.72. The summed E-state index contributed by atoms with van der Waals surface area (Å²) in [6.45, 7) is 3.87. The average Bonchev–Trinajstić information content (AvgIpc) is 3.01. The molecule has 0 bridgehead atoms. The molecule has 0 radical (unpaired) electrons. The first-order valence-corrected chi connectivity index (χ1v) is 7.74. The van der Waals surface area contributed by atoms with Crippen molar-refractivity contribution in [3.05, 3.63) is 30.0 Å². The highest BCUT2D eigenvalue weighted by atomic mass is 19.4. The Balaban J connectivity index is 1.90. The molecule has 0 saturated heterocycles. The van der Waals surface area contributed by atoms with Crippen LogP contribution in [0.5, 0.6) is 11.5 Å². The van der Waals surface area contributed by atoms with Gasteiger partial charge < -0.3 is 20.1 Å². The van der Waals surface area contributed by atoms with Crippen molar-refractivity contribution in [3.8, 4) is 11.5 Å². The van der Waals surface area contributed by atoms with Crippen molar-refractivity contribution in [1.29, 1.82) is 0 Å². The van der Waals surface area contributed by atoms with E-state index in [0.29, 0.717) is 17.2 Å². The van der Waals surface area contributed by atoms with Crippen molar-refractivity contribution in [1.82, 2.24) is 9.97 Å². The van der Waals surface area contributed by atoms with E-state index in [1.54, 1.807) is 18.2 Å². The molecule has 25 heavy (non-hydrogen) atoms. The Morgan fingerprint density at radius 2 is 1.92 bits per heavy atom. The lowest BCUT2D eigenvalue weighted by Crippen LogP contribution is -2.18. The van der Waals surface area contributed by atoms with Crippen molar-refractivity contribution in [2.45, 2.75) is 32.5 Å². The molecule has 1 aliphatic rings. The number of hydrogen-bond donors (Lipinski definition) is 2. The number of anilines is 3. The van der Waals surface area contributed by atoms with Crippen LogP contribution in [-0.4, -0.2) is 22.8 Å². The molecule has 0 fully saturated rings. The number of nitrogens with zero attached hydrogens (tertiary/aromatic N) is 2. The summed E-state index contributed by atoms with van der Waals surface area (Å²) in [5.41, 5.74) is -0.484. The normalized spacial score (nSPS) is 14.3. The fourth-order valence-corrected chi connectivity index (χ4v) is 2.17. The van der Waals surface area contributed by atoms with Crippen molar-refractivity contribution < 1.29 is 22.6 Å². The van der Waals surface area contributed by atoms with E-state index >= 15 is 0 Å². The lowest BCUT2D eigenvalue weighted by atomic mass is 10.2. The standard InChI is InChI=1S/C16H17F3N4O2/c1-3-9(2)20-15-22-13(16(17,18)19)7-14(23-15)21-10-4-5-11-12(6-10)25-8-24-11/h4-7,9H,3,8H2,1-2H3,(H2,20,21,22,23)/t9-/m1/s1. The minimum absolute atomic E-state index is 0.0343. The molecule has 0 aliphatic carbocycles. The van der Waals surface area contributed by atoms with Crippen molar-refractivity contribution in [2.24, 2.45) is 0 Å².